The van der Waals surface area contributed by atoms with Crippen LogP contribution in [0.4, 0.5) is 0 Å². The fraction of sp³-hybridized carbons (Fsp3) is 0.375. The van der Waals surface area contributed by atoms with Gasteiger partial charge in [-0.05, 0) is 24.1 Å². The van der Waals surface area contributed by atoms with Crippen LogP contribution in [0.25, 0.3) is 0 Å². The standard InChI is InChI=1S/C8H9NO/c1-6-4-9-3-2-7(6)8-5-10-8/h2-4,8H,5H2,1H3. The molecule has 1 aliphatic rings. The van der Waals surface area contributed by atoms with Crippen molar-refractivity contribution in [3.05, 3.63) is 29.6 Å². The molecule has 0 amide bonds. The number of hydrogen-bond acceptors (Lipinski definition) is 2. The van der Waals surface area contributed by atoms with Crippen molar-refractivity contribution in [3.8, 4) is 0 Å². The lowest BCUT2D eigenvalue weighted by molar-refractivity contribution is 0.415. The van der Waals surface area contributed by atoms with Crippen molar-refractivity contribution in [2.24, 2.45) is 0 Å². The molecule has 0 N–H and O–H groups in total. The third-order valence-electron chi connectivity index (χ3n) is 1.74. The number of aromatic nitrogens is 1. The van der Waals surface area contributed by atoms with Crippen LogP contribution >= 0.6 is 0 Å². The molecule has 1 aromatic rings. The molecule has 2 heterocycles. The van der Waals surface area contributed by atoms with Crippen LogP contribution in [0.1, 0.15) is 17.2 Å². The molecule has 2 rings (SSSR count). The van der Waals surface area contributed by atoms with Gasteiger partial charge in [-0.3, -0.25) is 4.98 Å². The van der Waals surface area contributed by atoms with Crippen LogP contribution in [-0.4, -0.2) is 11.6 Å². The number of aryl methyl sites for hydroxylation is 1. The van der Waals surface area contributed by atoms with Gasteiger partial charge >= 0.3 is 0 Å². The number of hydrogen-bond donors (Lipinski definition) is 0. The summed E-state index contributed by atoms with van der Waals surface area (Å²) < 4.78 is 5.15. The molecule has 52 valence electrons. The van der Waals surface area contributed by atoms with Gasteiger partial charge in [-0.1, -0.05) is 0 Å². The fourth-order valence-electron chi connectivity index (χ4n) is 1.07. The van der Waals surface area contributed by atoms with E-state index in [-0.39, 0.29) is 0 Å². The van der Waals surface area contributed by atoms with Gasteiger partial charge in [-0.2, -0.15) is 0 Å². The third-order valence-corrected chi connectivity index (χ3v) is 1.74. The summed E-state index contributed by atoms with van der Waals surface area (Å²) in [6.07, 6.45) is 4.05. The molecule has 0 saturated carbocycles. The average Bonchev–Trinajstić information content (AvgIpc) is 2.71. The second-order valence-corrected chi connectivity index (χ2v) is 2.55. The van der Waals surface area contributed by atoms with E-state index in [4.69, 9.17) is 4.74 Å². The van der Waals surface area contributed by atoms with Crippen LogP contribution in [0.2, 0.25) is 0 Å². The molecule has 1 unspecified atom stereocenters. The van der Waals surface area contributed by atoms with E-state index in [2.05, 4.69) is 11.9 Å². The number of epoxide rings is 1. The summed E-state index contributed by atoms with van der Waals surface area (Å²) in [5.74, 6) is 0. The number of nitrogens with zero attached hydrogens (tertiary/aromatic N) is 1. The predicted molar refractivity (Wildman–Crippen MR) is 37.7 cm³/mol. The maximum Gasteiger partial charge on any atom is 0.106 e. The van der Waals surface area contributed by atoms with Gasteiger partial charge in [0, 0.05) is 12.4 Å². The van der Waals surface area contributed by atoms with Crippen molar-refractivity contribution in [1.29, 1.82) is 0 Å². The monoisotopic (exact) mass is 135 g/mol. The first-order valence-corrected chi connectivity index (χ1v) is 3.40. The quantitative estimate of drug-likeness (QED) is 0.545. The Morgan fingerprint density at radius 2 is 2.50 bits per heavy atom. The van der Waals surface area contributed by atoms with Gasteiger partial charge in [0.2, 0.25) is 0 Å². The first kappa shape index (κ1) is 5.86. The Hall–Kier alpha value is -0.890. The Kier molecular flexibility index (Phi) is 1.21. The Labute approximate surface area is 59.9 Å². The minimum atomic E-state index is 0.364. The zero-order valence-corrected chi connectivity index (χ0v) is 5.87. The van der Waals surface area contributed by atoms with Gasteiger partial charge in [0.1, 0.15) is 6.10 Å². The Balaban J connectivity index is 2.39. The molecule has 0 radical (unpaired) electrons. The molecule has 0 bridgehead atoms. The second kappa shape index (κ2) is 2.06. The Morgan fingerprint density at radius 1 is 1.70 bits per heavy atom. The fourth-order valence-corrected chi connectivity index (χ4v) is 1.07. The molecule has 0 aromatic carbocycles. The molecule has 1 atom stereocenters. The highest BCUT2D eigenvalue weighted by molar-refractivity contribution is 5.26. The van der Waals surface area contributed by atoms with E-state index in [1.807, 2.05) is 18.5 Å². The van der Waals surface area contributed by atoms with Gasteiger partial charge in [0.05, 0.1) is 6.61 Å². The maximum absolute atomic E-state index is 5.15. The largest absolute Gasteiger partial charge is 0.368 e. The van der Waals surface area contributed by atoms with Crippen LogP contribution in [0.15, 0.2) is 18.5 Å². The summed E-state index contributed by atoms with van der Waals surface area (Å²) in [7, 11) is 0. The maximum atomic E-state index is 5.15. The zero-order chi connectivity index (χ0) is 6.97. The summed E-state index contributed by atoms with van der Waals surface area (Å²) in [6.45, 7) is 2.94. The molecule has 2 heteroatoms. The Morgan fingerprint density at radius 3 is 3.10 bits per heavy atom. The van der Waals surface area contributed by atoms with E-state index in [0.717, 1.165) is 6.61 Å². The second-order valence-electron chi connectivity index (χ2n) is 2.55. The van der Waals surface area contributed by atoms with E-state index in [1.54, 1.807) is 0 Å². The van der Waals surface area contributed by atoms with E-state index in [1.165, 1.54) is 11.1 Å². The summed E-state index contributed by atoms with van der Waals surface area (Å²) >= 11 is 0. The van der Waals surface area contributed by atoms with Crippen molar-refractivity contribution in [2.45, 2.75) is 13.0 Å². The molecule has 10 heavy (non-hydrogen) atoms. The van der Waals surface area contributed by atoms with Crippen molar-refractivity contribution in [2.75, 3.05) is 6.61 Å². The summed E-state index contributed by atoms with van der Waals surface area (Å²) in [5, 5.41) is 0. The molecular weight excluding hydrogens is 126 g/mol. The minimum Gasteiger partial charge on any atom is -0.368 e. The summed E-state index contributed by atoms with van der Waals surface area (Å²) in [5.41, 5.74) is 2.51. The van der Waals surface area contributed by atoms with Crippen molar-refractivity contribution < 1.29 is 4.74 Å². The zero-order valence-electron chi connectivity index (χ0n) is 5.87. The highest BCUT2D eigenvalue weighted by Crippen LogP contribution is 2.30. The minimum absolute atomic E-state index is 0.364. The van der Waals surface area contributed by atoms with Crippen LogP contribution in [0, 0.1) is 6.92 Å². The first-order chi connectivity index (χ1) is 4.88. The van der Waals surface area contributed by atoms with E-state index in [9.17, 15) is 0 Å². The van der Waals surface area contributed by atoms with Gasteiger partial charge in [-0.25, -0.2) is 0 Å². The molecule has 2 nitrogen and oxygen atoms in total. The van der Waals surface area contributed by atoms with Crippen LogP contribution in [-0.2, 0) is 4.74 Å². The number of rotatable bonds is 1. The van der Waals surface area contributed by atoms with Crippen molar-refractivity contribution >= 4 is 0 Å². The van der Waals surface area contributed by atoms with E-state index < -0.39 is 0 Å². The average molecular weight is 135 g/mol. The van der Waals surface area contributed by atoms with Crippen molar-refractivity contribution in [1.82, 2.24) is 4.98 Å². The molecule has 1 aromatic heterocycles. The predicted octanol–water partition coefficient (Wildman–Crippen LogP) is 1.46. The van der Waals surface area contributed by atoms with Crippen LogP contribution in [0.3, 0.4) is 0 Å². The SMILES string of the molecule is Cc1cnccc1C1CO1. The third kappa shape index (κ3) is 0.907. The van der Waals surface area contributed by atoms with E-state index >= 15 is 0 Å². The molecular formula is C8H9NO. The lowest BCUT2D eigenvalue weighted by Crippen LogP contribution is -1.86. The van der Waals surface area contributed by atoms with Crippen LogP contribution < -0.4 is 0 Å². The van der Waals surface area contributed by atoms with Crippen LogP contribution in [0.5, 0.6) is 0 Å². The lowest BCUT2D eigenvalue weighted by Gasteiger charge is -1.97. The lowest BCUT2D eigenvalue weighted by atomic mass is 10.1. The number of ether oxygens (including phenoxy) is 1. The molecule has 1 fully saturated rings. The molecule has 1 saturated heterocycles. The Bertz CT molecular complexity index is 243. The number of pyridine rings is 1. The normalized spacial score (nSPS) is 22.7. The molecule has 0 aliphatic carbocycles. The highest BCUT2D eigenvalue weighted by atomic mass is 16.6. The smallest absolute Gasteiger partial charge is 0.106 e. The van der Waals surface area contributed by atoms with Gasteiger partial charge in [-0.15, -0.1) is 0 Å². The van der Waals surface area contributed by atoms with Gasteiger partial charge in [0.15, 0.2) is 0 Å². The topological polar surface area (TPSA) is 25.4 Å². The molecule has 1 aliphatic heterocycles. The van der Waals surface area contributed by atoms with Crippen molar-refractivity contribution in [3.63, 3.8) is 0 Å². The first-order valence-electron chi connectivity index (χ1n) is 3.40. The summed E-state index contributed by atoms with van der Waals surface area (Å²) in [4.78, 5) is 4.00. The molecule has 0 spiro atoms. The highest BCUT2D eigenvalue weighted by Gasteiger charge is 2.25. The van der Waals surface area contributed by atoms with E-state index in [0.29, 0.717) is 6.10 Å². The summed E-state index contributed by atoms with van der Waals surface area (Å²) in [6, 6.07) is 2.02. The van der Waals surface area contributed by atoms with Gasteiger partial charge < -0.3 is 4.74 Å². The van der Waals surface area contributed by atoms with Gasteiger partial charge in [0.25, 0.3) is 0 Å².